The Bertz CT molecular complexity index is 948. The van der Waals surface area contributed by atoms with Crippen LogP contribution in [0.3, 0.4) is 0 Å². The predicted molar refractivity (Wildman–Crippen MR) is 107 cm³/mol. The molecule has 0 saturated carbocycles. The number of tetrazole rings is 1. The Hall–Kier alpha value is -3.13. The third-order valence-electron chi connectivity index (χ3n) is 4.06. The quantitative estimate of drug-likeness (QED) is 0.420. The normalized spacial score (nSPS) is 11.3. The van der Waals surface area contributed by atoms with Gasteiger partial charge in [-0.05, 0) is 78.3 Å². The van der Waals surface area contributed by atoms with Gasteiger partial charge in [0.05, 0.1) is 11.4 Å². The third kappa shape index (κ3) is 4.09. The number of hydrogen-bond donors (Lipinski definition) is 2. The molecule has 8 heteroatoms. The number of hydrogen-bond acceptors (Lipinski definition) is 5. The van der Waals surface area contributed by atoms with Gasteiger partial charge in [0.15, 0.2) is 5.11 Å². The van der Waals surface area contributed by atoms with E-state index in [1.165, 1.54) is 5.56 Å². The highest BCUT2D eigenvalue weighted by Crippen LogP contribution is 2.17. The van der Waals surface area contributed by atoms with E-state index in [1.807, 2.05) is 43.3 Å². The molecule has 132 valence electrons. The van der Waals surface area contributed by atoms with E-state index in [9.17, 15) is 0 Å². The van der Waals surface area contributed by atoms with Gasteiger partial charge >= 0.3 is 0 Å². The second-order valence-electron chi connectivity index (χ2n) is 5.82. The first-order valence-corrected chi connectivity index (χ1v) is 8.46. The van der Waals surface area contributed by atoms with E-state index in [0.717, 1.165) is 28.2 Å². The Morgan fingerprint density at radius 1 is 1.15 bits per heavy atom. The maximum absolute atomic E-state index is 5.34. The first-order chi connectivity index (χ1) is 12.5. The van der Waals surface area contributed by atoms with Gasteiger partial charge in [-0.3, -0.25) is 5.43 Å². The maximum atomic E-state index is 5.34. The highest BCUT2D eigenvalue weighted by molar-refractivity contribution is 7.80. The van der Waals surface area contributed by atoms with Crippen molar-refractivity contribution < 1.29 is 0 Å². The molecule has 0 atom stereocenters. The molecule has 0 aliphatic carbocycles. The van der Waals surface area contributed by atoms with Gasteiger partial charge in [-0.1, -0.05) is 24.3 Å². The molecule has 0 aliphatic rings. The molecule has 0 aliphatic heterocycles. The van der Waals surface area contributed by atoms with Crippen LogP contribution in [-0.2, 0) is 0 Å². The van der Waals surface area contributed by atoms with E-state index in [2.05, 4.69) is 51.3 Å². The first kappa shape index (κ1) is 17.7. The van der Waals surface area contributed by atoms with Crippen molar-refractivity contribution in [1.29, 1.82) is 0 Å². The lowest BCUT2D eigenvalue weighted by molar-refractivity contribution is 0.789. The van der Waals surface area contributed by atoms with E-state index < -0.39 is 0 Å². The van der Waals surface area contributed by atoms with Crippen molar-refractivity contribution in [2.45, 2.75) is 20.8 Å². The van der Waals surface area contributed by atoms with Gasteiger partial charge in [0.25, 0.3) is 0 Å². The molecule has 3 rings (SSSR count). The van der Waals surface area contributed by atoms with Crippen LogP contribution in [0.25, 0.3) is 5.69 Å². The second kappa shape index (κ2) is 7.83. The highest BCUT2D eigenvalue weighted by Gasteiger charge is 2.04. The molecule has 0 fully saturated rings. The second-order valence-corrected chi connectivity index (χ2v) is 6.22. The zero-order valence-electron chi connectivity index (χ0n) is 14.8. The lowest BCUT2D eigenvalue weighted by atomic mass is 10.1. The lowest BCUT2D eigenvalue weighted by Gasteiger charge is -2.12. The Morgan fingerprint density at radius 3 is 2.73 bits per heavy atom. The van der Waals surface area contributed by atoms with Gasteiger partial charge in [0, 0.05) is 5.69 Å². The van der Waals surface area contributed by atoms with E-state index in [4.69, 9.17) is 12.2 Å². The van der Waals surface area contributed by atoms with Crippen LogP contribution in [0.15, 0.2) is 53.9 Å². The maximum Gasteiger partial charge on any atom is 0.191 e. The van der Waals surface area contributed by atoms with Crippen LogP contribution in [0.5, 0.6) is 0 Å². The van der Waals surface area contributed by atoms with Gasteiger partial charge in [-0.15, -0.1) is 5.10 Å². The molecule has 0 spiro atoms. The Balaban J connectivity index is 1.69. The summed E-state index contributed by atoms with van der Waals surface area (Å²) in [6, 6.07) is 13.8. The van der Waals surface area contributed by atoms with Crippen molar-refractivity contribution in [2.24, 2.45) is 5.10 Å². The fourth-order valence-electron chi connectivity index (χ4n) is 2.39. The third-order valence-corrected chi connectivity index (χ3v) is 4.25. The van der Waals surface area contributed by atoms with E-state index in [1.54, 1.807) is 11.0 Å². The number of benzene rings is 2. The average Bonchev–Trinajstić information content (AvgIpc) is 3.18. The number of thiocarbonyl (C=S) groups is 1. The molecular formula is C18H19N7S. The van der Waals surface area contributed by atoms with E-state index in [-0.39, 0.29) is 0 Å². The standard InChI is InChI=1S/C18H19N7S/c1-12-6-4-9-17(13(12)2)20-18(26)22-21-14(3)15-7-5-8-16(10-15)25-11-19-23-24-25/h4-11H,1-3H3,(H2,20,22,26)/b21-14-. The minimum atomic E-state index is 0.440. The molecule has 2 N–H and O–H groups in total. The van der Waals surface area contributed by atoms with Gasteiger partial charge in [0.2, 0.25) is 0 Å². The molecule has 0 amide bonds. The Kier molecular flexibility index (Phi) is 5.33. The fraction of sp³-hybridized carbons (Fsp3) is 0.167. The minimum absolute atomic E-state index is 0.440. The molecule has 3 aromatic rings. The van der Waals surface area contributed by atoms with Crippen LogP contribution in [0, 0.1) is 13.8 Å². The summed E-state index contributed by atoms with van der Waals surface area (Å²) >= 11 is 5.34. The zero-order valence-corrected chi connectivity index (χ0v) is 15.6. The summed E-state index contributed by atoms with van der Waals surface area (Å²) in [6.07, 6.45) is 1.55. The summed E-state index contributed by atoms with van der Waals surface area (Å²) < 4.78 is 1.59. The molecule has 1 heterocycles. The molecule has 0 unspecified atom stereocenters. The summed E-state index contributed by atoms with van der Waals surface area (Å²) in [5.41, 5.74) is 8.82. The number of anilines is 1. The van der Waals surface area contributed by atoms with Gasteiger partial charge < -0.3 is 5.32 Å². The Morgan fingerprint density at radius 2 is 1.96 bits per heavy atom. The monoisotopic (exact) mass is 365 g/mol. The van der Waals surface area contributed by atoms with Gasteiger partial charge in [-0.25, -0.2) is 4.68 Å². The van der Waals surface area contributed by atoms with Crippen LogP contribution >= 0.6 is 12.2 Å². The van der Waals surface area contributed by atoms with Crippen molar-refractivity contribution in [1.82, 2.24) is 25.6 Å². The summed E-state index contributed by atoms with van der Waals surface area (Å²) in [5.74, 6) is 0. The smallest absolute Gasteiger partial charge is 0.191 e. The van der Waals surface area contributed by atoms with Gasteiger partial charge in [0.1, 0.15) is 6.33 Å². The molecule has 0 bridgehead atoms. The van der Waals surface area contributed by atoms with Gasteiger partial charge in [-0.2, -0.15) is 5.10 Å². The molecule has 1 aromatic heterocycles. The van der Waals surface area contributed by atoms with Crippen LogP contribution in [0.1, 0.15) is 23.6 Å². The number of aromatic nitrogens is 4. The zero-order chi connectivity index (χ0) is 18.5. The number of nitrogens with zero attached hydrogens (tertiary/aromatic N) is 5. The summed E-state index contributed by atoms with van der Waals surface area (Å²) in [7, 11) is 0. The number of nitrogens with one attached hydrogen (secondary N) is 2. The van der Waals surface area contributed by atoms with Crippen LogP contribution in [0.4, 0.5) is 5.69 Å². The number of hydrazone groups is 1. The largest absolute Gasteiger partial charge is 0.331 e. The summed E-state index contributed by atoms with van der Waals surface area (Å²) in [6.45, 7) is 6.03. The van der Waals surface area contributed by atoms with Crippen molar-refractivity contribution in [2.75, 3.05) is 5.32 Å². The van der Waals surface area contributed by atoms with E-state index >= 15 is 0 Å². The fourth-order valence-corrected chi connectivity index (χ4v) is 2.54. The predicted octanol–water partition coefficient (Wildman–Crippen LogP) is 2.99. The summed E-state index contributed by atoms with van der Waals surface area (Å²) in [5, 5.41) is 19.2. The minimum Gasteiger partial charge on any atom is -0.331 e. The van der Waals surface area contributed by atoms with Crippen molar-refractivity contribution in [3.8, 4) is 5.69 Å². The molecular weight excluding hydrogens is 346 g/mol. The molecule has 7 nitrogen and oxygen atoms in total. The Labute approximate surface area is 157 Å². The lowest BCUT2D eigenvalue weighted by Crippen LogP contribution is -2.25. The summed E-state index contributed by atoms with van der Waals surface area (Å²) in [4.78, 5) is 0. The van der Waals surface area contributed by atoms with Crippen LogP contribution < -0.4 is 10.7 Å². The number of rotatable bonds is 4. The SMILES string of the molecule is C/C(=N/NC(=S)Nc1cccc(C)c1C)c1cccc(-n2cnnn2)c1. The van der Waals surface area contributed by atoms with Crippen molar-refractivity contribution in [3.63, 3.8) is 0 Å². The topological polar surface area (TPSA) is 80.0 Å². The van der Waals surface area contributed by atoms with Crippen molar-refractivity contribution >= 4 is 28.7 Å². The van der Waals surface area contributed by atoms with E-state index in [0.29, 0.717) is 5.11 Å². The molecule has 26 heavy (non-hydrogen) atoms. The number of aryl methyl sites for hydroxylation is 1. The molecule has 2 aromatic carbocycles. The van der Waals surface area contributed by atoms with Crippen molar-refractivity contribution in [3.05, 3.63) is 65.5 Å². The highest BCUT2D eigenvalue weighted by atomic mass is 32.1. The average molecular weight is 365 g/mol. The molecule has 0 radical (unpaired) electrons. The van der Waals surface area contributed by atoms with Crippen LogP contribution in [0.2, 0.25) is 0 Å². The van der Waals surface area contributed by atoms with Crippen LogP contribution in [-0.4, -0.2) is 31.0 Å². The molecule has 0 saturated heterocycles. The first-order valence-electron chi connectivity index (χ1n) is 8.06.